The van der Waals surface area contributed by atoms with Gasteiger partial charge in [-0.1, -0.05) is 25.1 Å². The normalized spacial score (nSPS) is 27.6. The monoisotopic (exact) mass is 335 g/mol. The highest BCUT2D eigenvalue weighted by atomic mass is 19.1. The van der Waals surface area contributed by atoms with E-state index >= 15 is 0 Å². The number of carbonyl (C=O) groups excluding carboxylic acids is 1. The van der Waals surface area contributed by atoms with Crippen molar-refractivity contribution in [1.29, 1.82) is 0 Å². The molecule has 5 nitrogen and oxygen atoms in total. The lowest BCUT2D eigenvalue weighted by Gasteiger charge is -2.33. The number of carbonyl (C=O) groups is 2. The summed E-state index contributed by atoms with van der Waals surface area (Å²) in [6, 6.07) is 6.42. The van der Waals surface area contributed by atoms with Crippen molar-refractivity contribution in [2.45, 2.75) is 19.8 Å². The maximum atomic E-state index is 13.8. The minimum Gasteiger partial charge on any atom is -0.481 e. The van der Waals surface area contributed by atoms with Crippen molar-refractivity contribution < 1.29 is 23.8 Å². The Hall–Kier alpha value is -1.95. The molecule has 0 saturated carbocycles. The molecule has 0 aliphatic carbocycles. The van der Waals surface area contributed by atoms with Crippen LogP contribution in [0.15, 0.2) is 24.3 Å². The van der Waals surface area contributed by atoms with E-state index in [0.717, 1.165) is 0 Å². The van der Waals surface area contributed by atoms with Crippen molar-refractivity contribution in [1.82, 2.24) is 4.90 Å². The molecule has 1 aromatic carbocycles. The van der Waals surface area contributed by atoms with Crippen LogP contribution in [0.1, 0.15) is 18.9 Å². The lowest BCUT2D eigenvalue weighted by molar-refractivity contribution is -0.157. The van der Waals surface area contributed by atoms with Gasteiger partial charge in [0, 0.05) is 31.5 Å². The number of likely N-dealkylation sites (tertiary alicyclic amines) is 1. The molecular weight excluding hydrogens is 313 g/mol. The van der Waals surface area contributed by atoms with E-state index in [9.17, 15) is 19.1 Å². The first-order valence-corrected chi connectivity index (χ1v) is 8.27. The molecule has 0 spiro atoms. The number of carboxylic acid groups (broad SMARTS) is 1. The zero-order valence-corrected chi connectivity index (χ0v) is 13.7. The first kappa shape index (κ1) is 16.9. The summed E-state index contributed by atoms with van der Waals surface area (Å²) >= 11 is 0. The van der Waals surface area contributed by atoms with E-state index in [2.05, 4.69) is 0 Å². The molecule has 2 saturated heterocycles. The van der Waals surface area contributed by atoms with Crippen molar-refractivity contribution in [3.8, 4) is 0 Å². The molecule has 1 amide bonds. The van der Waals surface area contributed by atoms with Crippen molar-refractivity contribution >= 4 is 11.9 Å². The van der Waals surface area contributed by atoms with Crippen molar-refractivity contribution in [2.75, 3.05) is 26.3 Å². The van der Waals surface area contributed by atoms with Gasteiger partial charge in [-0.25, -0.2) is 4.39 Å². The molecule has 24 heavy (non-hydrogen) atoms. The summed E-state index contributed by atoms with van der Waals surface area (Å²) in [6.07, 6.45) is 0.738. The smallest absolute Gasteiger partial charge is 0.311 e. The second kappa shape index (κ2) is 6.51. The van der Waals surface area contributed by atoms with Crippen LogP contribution in [0.3, 0.4) is 0 Å². The quantitative estimate of drug-likeness (QED) is 0.913. The average Bonchev–Trinajstić information content (AvgIpc) is 2.97. The molecule has 1 unspecified atom stereocenters. The predicted molar refractivity (Wildman–Crippen MR) is 84.8 cm³/mol. The van der Waals surface area contributed by atoms with Crippen LogP contribution in [-0.2, 0) is 20.7 Å². The van der Waals surface area contributed by atoms with Gasteiger partial charge in [-0.3, -0.25) is 9.59 Å². The van der Waals surface area contributed by atoms with Gasteiger partial charge in [-0.15, -0.1) is 0 Å². The van der Waals surface area contributed by atoms with Crippen molar-refractivity contribution in [3.63, 3.8) is 0 Å². The number of benzene rings is 1. The van der Waals surface area contributed by atoms with E-state index in [1.807, 2.05) is 0 Å². The lowest BCUT2D eigenvalue weighted by Crippen LogP contribution is -2.45. The highest BCUT2D eigenvalue weighted by Crippen LogP contribution is 2.42. The topological polar surface area (TPSA) is 66.8 Å². The molecule has 1 aromatic rings. The molecule has 1 N–H and O–H groups in total. The summed E-state index contributed by atoms with van der Waals surface area (Å²) in [5, 5.41) is 9.67. The third-order valence-electron chi connectivity index (χ3n) is 5.35. The van der Waals surface area contributed by atoms with Crippen LogP contribution in [0.2, 0.25) is 0 Å². The molecule has 0 bridgehead atoms. The van der Waals surface area contributed by atoms with Gasteiger partial charge < -0.3 is 14.7 Å². The number of fused-ring (bicyclic) bond motifs is 1. The summed E-state index contributed by atoms with van der Waals surface area (Å²) in [4.78, 5) is 26.2. The Labute approximate surface area is 140 Å². The number of carboxylic acids is 1. The molecule has 2 heterocycles. The van der Waals surface area contributed by atoms with Gasteiger partial charge in [0.05, 0.1) is 12.0 Å². The van der Waals surface area contributed by atoms with E-state index in [4.69, 9.17) is 4.74 Å². The highest BCUT2D eigenvalue weighted by Gasteiger charge is 2.55. The summed E-state index contributed by atoms with van der Waals surface area (Å²) in [6.45, 7) is 3.16. The van der Waals surface area contributed by atoms with Crippen LogP contribution < -0.4 is 0 Å². The van der Waals surface area contributed by atoms with Crippen LogP contribution in [0.25, 0.3) is 0 Å². The molecule has 3 rings (SSSR count). The Kier molecular flexibility index (Phi) is 4.58. The fourth-order valence-electron chi connectivity index (χ4n) is 3.86. The fourth-order valence-corrected chi connectivity index (χ4v) is 3.86. The van der Waals surface area contributed by atoms with Crippen LogP contribution in [0.4, 0.5) is 4.39 Å². The third kappa shape index (κ3) is 2.90. The molecule has 2 fully saturated rings. The maximum absolute atomic E-state index is 13.8. The van der Waals surface area contributed by atoms with Crippen LogP contribution in [-0.4, -0.2) is 48.2 Å². The summed E-state index contributed by atoms with van der Waals surface area (Å²) in [5.41, 5.74) is -0.391. The Morgan fingerprint density at radius 3 is 2.88 bits per heavy atom. The zero-order chi connectivity index (χ0) is 17.3. The van der Waals surface area contributed by atoms with Crippen LogP contribution >= 0.6 is 0 Å². The van der Waals surface area contributed by atoms with E-state index in [1.165, 1.54) is 6.07 Å². The van der Waals surface area contributed by atoms with Gasteiger partial charge >= 0.3 is 5.97 Å². The van der Waals surface area contributed by atoms with Gasteiger partial charge in [0.15, 0.2) is 0 Å². The molecule has 0 aromatic heterocycles. The second-order valence-electron chi connectivity index (χ2n) is 6.90. The van der Waals surface area contributed by atoms with E-state index in [1.54, 1.807) is 30.0 Å². The van der Waals surface area contributed by atoms with Gasteiger partial charge in [-0.05, 0) is 24.5 Å². The number of ether oxygens (including phenoxy) is 1. The molecule has 2 aliphatic rings. The Morgan fingerprint density at radius 2 is 2.21 bits per heavy atom. The molecule has 3 atom stereocenters. The molecule has 2 aliphatic heterocycles. The van der Waals surface area contributed by atoms with Crippen LogP contribution in [0, 0.1) is 23.1 Å². The minimum absolute atomic E-state index is 0.117. The number of aliphatic carboxylic acids is 1. The Bertz CT molecular complexity index is 650. The molecular formula is C18H22FNO4. The third-order valence-corrected chi connectivity index (χ3v) is 5.35. The summed E-state index contributed by atoms with van der Waals surface area (Å²) < 4.78 is 19.2. The van der Waals surface area contributed by atoms with E-state index in [-0.39, 0.29) is 24.2 Å². The Balaban J connectivity index is 1.71. The number of amides is 1. The number of hydrogen-bond acceptors (Lipinski definition) is 3. The van der Waals surface area contributed by atoms with Gasteiger partial charge in [0.25, 0.3) is 0 Å². The fraction of sp³-hybridized carbons (Fsp3) is 0.556. The van der Waals surface area contributed by atoms with E-state index < -0.39 is 17.3 Å². The molecule has 6 heteroatoms. The van der Waals surface area contributed by atoms with Gasteiger partial charge in [0.2, 0.25) is 5.91 Å². The number of hydrogen-bond donors (Lipinski definition) is 1. The molecule has 0 radical (unpaired) electrons. The average molecular weight is 335 g/mol. The second-order valence-corrected chi connectivity index (χ2v) is 6.90. The first-order chi connectivity index (χ1) is 11.4. The van der Waals surface area contributed by atoms with Crippen LogP contribution in [0.5, 0.6) is 0 Å². The summed E-state index contributed by atoms with van der Waals surface area (Å²) in [5.74, 6) is -1.86. The van der Waals surface area contributed by atoms with Gasteiger partial charge in [-0.2, -0.15) is 0 Å². The zero-order valence-electron chi connectivity index (χ0n) is 13.7. The highest BCUT2D eigenvalue weighted by molar-refractivity contribution is 5.82. The maximum Gasteiger partial charge on any atom is 0.311 e. The predicted octanol–water partition coefficient (Wildman–Crippen LogP) is 1.95. The Morgan fingerprint density at radius 1 is 1.46 bits per heavy atom. The first-order valence-electron chi connectivity index (χ1n) is 8.27. The SMILES string of the molecule is CC(Cc1ccccc1F)C(=O)N1C[C@H]2COCC[C@@]2(C(=O)O)C1. The lowest BCUT2D eigenvalue weighted by atomic mass is 9.74. The van der Waals surface area contributed by atoms with Crippen molar-refractivity contribution in [3.05, 3.63) is 35.6 Å². The standard InChI is InChI=1S/C18H22FNO4/c1-12(8-13-4-2-3-5-15(13)19)16(21)20-9-14-10-24-7-6-18(14,11-20)17(22)23/h2-5,12,14H,6-11H2,1H3,(H,22,23)/t12?,14-,18+/m0/s1. The molecule has 130 valence electrons. The van der Waals surface area contributed by atoms with Crippen molar-refractivity contribution in [2.24, 2.45) is 17.3 Å². The number of nitrogens with zero attached hydrogens (tertiary/aromatic N) is 1. The largest absolute Gasteiger partial charge is 0.481 e. The summed E-state index contributed by atoms with van der Waals surface area (Å²) in [7, 11) is 0. The number of halogens is 1. The van der Waals surface area contributed by atoms with E-state index in [0.29, 0.717) is 38.2 Å². The number of rotatable bonds is 4. The minimum atomic E-state index is -0.897. The van der Waals surface area contributed by atoms with Gasteiger partial charge in [0.1, 0.15) is 5.82 Å².